The van der Waals surface area contributed by atoms with Gasteiger partial charge in [-0.1, -0.05) is 12.2 Å². The van der Waals surface area contributed by atoms with E-state index in [4.69, 9.17) is 4.74 Å². The summed E-state index contributed by atoms with van der Waals surface area (Å²) in [6, 6.07) is 2.93. The second-order valence-electron chi connectivity index (χ2n) is 4.65. The molecule has 0 spiro atoms. The molecule has 2 N–H and O–H groups in total. The number of Topliss-reactive ketones (excluding diaryl/α,β-unsaturated/α-hetero) is 1. The van der Waals surface area contributed by atoms with Crippen LogP contribution in [0.25, 0.3) is 6.08 Å². The maximum atomic E-state index is 11.3. The zero-order valence-electron chi connectivity index (χ0n) is 11.0. The van der Waals surface area contributed by atoms with E-state index < -0.39 is 5.60 Å². The molecule has 1 aromatic rings. The predicted molar refractivity (Wildman–Crippen MR) is 70.0 cm³/mol. The summed E-state index contributed by atoms with van der Waals surface area (Å²) < 4.78 is 5.12. The van der Waals surface area contributed by atoms with Crippen molar-refractivity contribution in [3.63, 3.8) is 0 Å². The van der Waals surface area contributed by atoms with Crippen LogP contribution in [0.4, 0.5) is 0 Å². The number of hydrogen-bond donors (Lipinski definition) is 2. The number of aromatic hydroxyl groups is 1. The molecule has 0 fully saturated rings. The van der Waals surface area contributed by atoms with Crippen molar-refractivity contribution in [3.05, 3.63) is 29.3 Å². The van der Waals surface area contributed by atoms with Gasteiger partial charge in [-0.15, -0.1) is 0 Å². The Labute approximate surface area is 107 Å². The highest BCUT2D eigenvalue weighted by Gasteiger charge is 2.13. The molecule has 4 nitrogen and oxygen atoms in total. The Kier molecular flexibility index (Phi) is 4.14. The van der Waals surface area contributed by atoms with Crippen molar-refractivity contribution in [2.75, 3.05) is 7.11 Å². The van der Waals surface area contributed by atoms with Crippen LogP contribution in [0.5, 0.6) is 11.5 Å². The van der Waals surface area contributed by atoms with Gasteiger partial charge in [-0.05, 0) is 26.8 Å². The van der Waals surface area contributed by atoms with Crippen LogP contribution < -0.4 is 4.74 Å². The number of rotatable bonds is 4. The molecule has 1 rings (SSSR count). The molecule has 0 saturated carbocycles. The van der Waals surface area contributed by atoms with Crippen LogP contribution in [-0.2, 0) is 0 Å². The monoisotopic (exact) mass is 250 g/mol. The highest BCUT2D eigenvalue weighted by molar-refractivity contribution is 5.97. The van der Waals surface area contributed by atoms with E-state index in [2.05, 4.69) is 0 Å². The fraction of sp³-hybridized carbons (Fsp3) is 0.357. The summed E-state index contributed by atoms with van der Waals surface area (Å²) in [6.07, 6.45) is 3.25. The van der Waals surface area contributed by atoms with Crippen LogP contribution in [0.2, 0.25) is 0 Å². The van der Waals surface area contributed by atoms with E-state index in [0.29, 0.717) is 11.3 Å². The van der Waals surface area contributed by atoms with Gasteiger partial charge in [0.05, 0.1) is 18.3 Å². The van der Waals surface area contributed by atoms with E-state index in [-0.39, 0.29) is 17.1 Å². The lowest BCUT2D eigenvalue weighted by Gasteiger charge is -2.12. The standard InChI is InChI=1S/C14H18O4/c1-9(15)11-7-10(5-6-14(2,3)17)13(18-4)8-12(11)16/h5-8,16-17H,1-4H3/b6-5+. The van der Waals surface area contributed by atoms with Crippen LogP contribution in [0.15, 0.2) is 18.2 Å². The number of aliphatic hydroxyl groups is 1. The van der Waals surface area contributed by atoms with Crippen molar-refractivity contribution in [1.82, 2.24) is 0 Å². The average molecular weight is 250 g/mol. The van der Waals surface area contributed by atoms with Gasteiger partial charge in [0, 0.05) is 11.6 Å². The first-order valence-corrected chi connectivity index (χ1v) is 5.58. The van der Waals surface area contributed by atoms with Gasteiger partial charge in [-0.2, -0.15) is 0 Å². The molecule has 0 aliphatic heterocycles. The predicted octanol–water partition coefficient (Wildman–Crippen LogP) is 2.39. The number of hydrogen-bond acceptors (Lipinski definition) is 4. The van der Waals surface area contributed by atoms with Crippen LogP contribution in [0, 0.1) is 0 Å². The lowest BCUT2D eigenvalue weighted by molar-refractivity contribution is 0.101. The van der Waals surface area contributed by atoms with Crippen LogP contribution in [0.3, 0.4) is 0 Å². The summed E-state index contributed by atoms with van der Waals surface area (Å²) >= 11 is 0. The molecule has 0 heterocycles. The molecule has 98 valence electrons. The Morgan fingerprint density at radius 1 is 1.39 bits per heavy atom. The van der Waals surface area contributed by atoms with E-state index in [1.165, 1.54) is 20.1 Å². The summed E-state index contributed by atoms with van der Waals surface area (Å²) in [4.78, 5) is 11.3. The summed E-state index contributed by atoms with van der Waals surface area (Å²) in [5.74, 6) is 0.103. The minimum atomic E-state index is -0.959. The van der Waals surface area contributed by atoms with E-state index in [0.717, 1.165) is 0 Å². The van der Waals surface area contributed by atoms with Gasteiger partial charge in [0.25, 0.3) is 0 Å². The van der Waals surface area contributed by atoms with Crippen LogP contribution >= 0.6 is 0 Å². The first-order valence-electron chi connectivity index (χ1n) is 5.58. The molecule has 18 heavy (non-hydrogen) atoms. The Hall–Kier alpha value is -1.81. The van der Waals surface area contributed by atoms with Gasteiger partial charge in [-0.3, -0.25) is 4.79 Å². The molecule has 1 aromatic carbocycles. The van der Waals surface area contributed by atoms with Gasteiger partial charge in [0.15, 0.2) is 5.78 Å². The Balaban J connectivity index is 3.29. The van der Waals surface area contributed by atoms with Crippen molar-refractivity contribution in [3.8, 4) is 11.5 Å². The summed E-state index contributed by atoms with van der Waals surface area (Å²) in [7, 11) is 1.48. The van der Waals surface area contributed by atoms with Gasteiger partial charge in [-0.25, -0.2) is 0 Å². The number of ketones is 1. The van der Waals surface area contributed by atoms with Gasteiger partial charge in [0.2, 0.25) is 0 Å². The Bertz CT molecular complexity index is 481. The summed E-state index contributed by atoms with van der Waals surface area (Å²) in [5.41, 5.74) is -0.104. The third-order valence-electron chi connectivity index (χ3n) is 2.40. The largest absolute Gasteiger partial charge is 0.507 e. The highest BCUT2D eigenvalue weighted by Crippen LogP contribution is 2.30. The van der Waals surface area contributed by atoms with Crippen molar-refractivity contribution < 1.29 is 19.7 Å². The van der Waals surface area contributed by atoms with E-state index in [1.54, 1.807) is 32.1 Å². The van der Waals surface area contributed by atoms with Crippen LogP contribution in [0.1, 0.15) is 36.7 Å². The first kappa shape index (κ1) is 14.3. The third-order valence-corrected chi connectivity index (χ3v) is 2.40. The second-order valence-corrected chi connectivity index (χ2v) is 4.65. The van der Waals surface area contributed by atoms with Crippen molar-refractivity contribution in [2.45, 2.75) is 26.4 Å². The molecule has 0 saturated heterocycles. The zero-order valence-corrected chi connectivity index (χ0v) is 11.0. The number of carbonyl (C=O) groups excluding carboxylic acids is 1. The number of benzene rings is 1. The molecular weight excluding hydrogens is 232 g/mol. The zero-order chi connectivity index (χ0) is 13.9. The lowest BCUT2D eigenvalue weighted by atomic mass is 10.0. The van der Waals surface area contributed by atoms with Gasteiger partial charge in [0.1, 0.15) is 11.5 Å². The molecule has 0 bridgehead atoms. The number of phenolic OH excluding ortho intramolecular Hbond substituents is 1. The molecule has 0 unspecified atom stereocenters. The van der Waals surface area contributed by atoms with E-state index in [9.17, 15) is 15.0 Å². The summed E-state index contributed by atoms with van der Waals surface area (Å²) in [5, 5.41) is 19.3. The molecular formula is C14H18O4. The smallest absolute Gasteiger partial charge is 0.163 e. The number of phenols is 1. The Morgan fingerprint density at radius 3 is 2.44 bits per heavy atom. The minimum Gasteiger partial charge on any atom is -0.507 e. The maximum Gasteiger partial charge on any atom is 0.163 e. The fourth-order valence-electron chi connectivity index (χ4n) is 1.47. The van der Waals surface area contributed by atoms with Gasteiger partial charge < -0.3 is 14.9 Å². The molecule has 0 amide bonds. The third kappa shape index (κ3) is 3.60. The molecule has 0 aromatic heterocycles. The molecule has 0 aliphatic rings. The summed E-state index contributed by atoms with van der Waals surface area (Å²) in [6.45, 7) is 4.66. The fourth-order valence-corrected chi connectivity index (χ4v) is 1.47. The van der Waals surface area contributed by atoms with Crippen molar-refractivity contribution >= 4 is 11.9 Å². The molecule has 4 heteroatoms. The first-order chi connectivity index (χ1) is 8.24. The minimum absolute atomic E-state index is 0.111. The number of methoxy groups -OCH3 is 1. The van der Waals surface area contributed by atoms with Crippen molar-refractivity contribution in [1.29, 1.82) is 0 Å². The SMILES string of the molecule is COc1cc(O)c(C(C)=O)cc1/C=C/C(C)(C)O. The van der Waals surface area contributed by atoms with E-state index >= 15 is 0 Å². The van der Waals surface area contributed by atoms with Gasteiger partial charge >= 0.3 is 0 Å². The topological polar surface area (TPSA) is 66.8 Å². The Morgan fingerprint density at radius 2 is 2.00 bits per heavy atom. The van der Waals surface area contributed by atoms with Crippen LogP contribution in [-0.4, -0.2) is 28.7 Å². The molecule has 0 radical (unpaired) electrons. The van der Waals surface area contributed by atoms with Crippen molar-refractivity contribution in [2.24, 2.45) is 0 Å². The number of carbonyl (C=O) groups is 1. The molecule has 0 atom stereocenters. The maximum absolute atomic E-state index is 11.3. The number of ether oxygens (including phenoxy) is 1. The second kappa shape index (κ2) is 5.23. The average Bonchev–Trinajstić information content (AvgIpc) is 2.25. The molecule has 0 aliphatic carbocycles. The van der Waals surface area contributed by atoms with E-state index in [1.807, 2.05) is 0 Å². The lowest BCUT2D eigenvalue weighted by Crippen LogP contribution is -2.13. The highest BCUT2D eigenvalue weighted by atomic mass is 16.5. The normalized spacial score (nSPS) is 11.8. The quantitative estimate of drug-likeness (QED) is 0.805.